The molecule has 0 saturated carbocycles. The number of rotatable bonds is 3. The van der Waals surface area contributed by atoms with E-state index in [4.69, 9.17) is 4.74 Å². The molecular formula is C51H34N2OS. The largest absolute Gasteiger partial charge is 0.456 e. The Bertz CT molecular complexity index is 3380. The van der Waals surface area contributed by atoms with E-state index in [1.165, 1.54) is 91.7 Å². The maximum Gasteiger partial charge on any atom is 0.140 e. The summed E-state index contributed by atoms with van der Waals surface area (Å²) in [5.74, 6) is 1.90. The number of hydrogen-bond acceptors (Lipinski definition) is 2. The lowest BCUT2D eigenvalue weighted by atomic mass is 9.75. The molecule has 12 rings (SSSR count). The first-order chi connectivity index (χ1) is 27.0. The molecule has 3 nitrogen and oxygen atoms in total. The SMILES string of the molecule is CC1(C)c2ccc(-n3c4ccccc4c4cc(-c5ccc6c7ccccc7n(-c7ccccc7)c6c5)ccc43)cc2Oc2c1ccc1sc3ccccc3c21. The van der Waals surface area contributed by atoms with Crippen LogP contribution in [0.1, 0.15) is 25.0 Å². The molecule has 1 aliphatic heterocycles. The first-order valence-electron chi connectivity index (χ1n) is 18.9. The lowest BCUT2D eigenvalue weighted by Crippen LogP contribution is -2.24. The zero-order chi connectivity index (χ0) is 36.4. The number of benzene rings is 8. The summed E-state index contributed by atoms with van der Waals surface area (Å²) in [6, 6.07) is 62.1. The van der Waals surface area contributed by atoms with E-state index < -0.39 is 0 Å². The van der Waals surface area contributed by atoms with E-state index in [-0.39, 0.29) is 5.41 Å². The Balaban J connectivity index is 1.02. The fraction of sp³-hybridized carbons (Fsp3) is 0.0588. The maximum absolute atomic E-state index is 7.02. The average molecular weight is 723 g/mol. The third-order valence-corrected chi connectivity index (χ3v) is 13.1. The van der Waals surface area contributed by atoms with Gasteiger partial charge in [0, 0.05) is 75.7 Å². The summed E-state index contributed by atoms with van der Waals surface area (Å²) >= 11 is 1.83. The van der Waals surface area contributed by atoms with Crippen LogP contribution in [0.15, 0.2) is 170 Å². The third-order valence-electron chi connectivity index (χ3n) is 12.0. The molecule has 0 aliphatic carbocycles. The highest BCUT2D eigenvalue weighted by Crippen LogP contribution is 2.53. The Morgan fingerprint density at radius 2 is 1.05 bits per heavy atom. The monoisotopic (exact) mass is 722 g/mol. The van der Waals surface area contributed by atoms with Crippen molar-refractivity contribution >= 4 is 75.1 Å². The molecule has 11 aromatic rings. The summed E-state index contributed by atoms with van der Waals surface area (Å²) in [5.41, 5.74) is 11.6. The molecule has 0 atom stereocenters. The first kappa shape index (κ1) is 30.8. The predicted molar refractivity (Wildman–Crippen MR) is 232 cm³/mol. The Morgan fingerprint density at radius 3 is 1.87 bits per heavy atom. The van der Waals surface area contributed by atoms with Crippen LogP contribution in [0.25, 0.3) is 86.3 Å². The molecule has 55 heavy (non-hydrogen) atoms. The molecule has 8 aromatic carbocycles. The van der Waals surface area contributed by atoms with Crippen molar-refractivity contribution in [2.75, 3.05) is 0 Å². The fourth-order valence-electron chi connectivity index (χ4n) is 9.33. The van der Waals surface area contributed by atoms with Gasteiger partial charge in [-0.3, -0.25) is 0 Å². The molecule has 0 fully saturated rings. The van der Waals surface area contributed by atoms with Gasteiger partial charge >= 0.3 is 0 Å². The zero-order valence-electron chi connectivity index (χ0n) is 30.4. The summed E-state index contributed by atoms with van der Waals surface area (Å²) in [6.45, 7) is 4.65. The van der Waals surface area contributed by atoms with Gasteiger partial charge in [-0.15, -0.1) is 11.3 Å². The zero-order valence-corrected chi connectivity index (χ0v) is 31.2. The van der Waals surface area contributed by atoms with Crippen LogP contribution in [0.4, 0.5) is 0 Å². The minimum atomic E-state index is -0.221. The second-order valence-electron chi connectivity index (χ2n) is 15.3. The molecule has 260 valence electrons. The normalized spacial score (nSPS) is 13.6. The second kappa shape index (κ2) is 11.2. The summed E-state index contributed by atoms with van der Waals surface area (Å²) in [5, 5.41) is 7.46. The second-order valence-corrected chi connectivity index (χ2v) is 16.4. The maximum atomic E-state index is 7.02. The van der Waals surface area contributed by atoms with E-state index in [1.807, 2.05) is 11.3 Å². The van der Waals surface area contributed by atoms with Crippen LogP contribution in [0.3, 0.4) is 0 Å². The van der Waals surface area contributed by atoms with Gasteiger partial charge in [-0.25, -0.2) is 0 Å². The highest BCUT2D eigenvalue weighted by Gasteiger charge is 2.36. The number of hydrogen-bond donors (Lipinski definition) is 0. The van der Waals surface area contributed by atoms with Gasteiger partial charge in [-0.2, -0.15) is 0 Å². The van der Waals surface area contributed by atoms with Gasteiger partial charge in [0.2, 0.25) is 0 Å². The summed E-state index contributed by atoms with van der Waals surface area (Å²) in [7, 11) is 0. The predicted octanol–water partition coefficient (Wildman–Crippen LogP) is 14.3. The van der Waals surface area contributed by atoms with Crippen molar-refractivity contribution in [3.05, 3.63) is 181 Å². The van der Waals surface area contributed by atoms with Gasteiger partial charge in [0.15, 0.2) is 0 Å². The molecule has 0 spiro atoms. The molecule has 4 heterocycles. The van der Waals surface area contributed by atoms with Crippen LogP contribution < -0.4 is 4.74 Å². The van der Waals surface area contributed by atoms with Crippen LogP contribution in [-0.2, 0) is 5.41 Å². The van der Waals surface area contributed by atoms with Crippen LogP contribution >= 0.6 is 11.3 Å². The van der Waals surface area contributed by atoms with Gasteiger partial charge in [0.1, 0.15) is 11.5 Å². The molecule has 0 unspecified atom stereocenters. The van der Waals surface area contributed by atoms with Crippen LogP contribution in [0, 0.1) is 0 Å². The van der Waals surface area contributed by atoms with Crippen LogP contribution in [0.5, 0.6) is 11.5 Å². The number of nitrogens with zero attached hydrogens (tertiary/aromatic N) is 2. The van der Waals surface area contributed by atoms with Gasteiger partial charge < -0.3 is 13.9 Å². The van der Waals surface area contributed by atoms with Crippen molar-refractivity contribution in [3.8, 4) is 34.0 Å². The van der Waals surface area contributed by atoms with E-state index in [1.54, 1.807) is 0 Å². The highest BCUT2D eigenvalue weighted by atomic mass is 32.1. The smallest absolute Gasteiger partial charge is 0.140 e. The third kappa shape index (κ3) is 4.31. The highest BCUT2D eigenvalue weighted by molar-refractivity contribution is 7.25. The van der Waals surface area contributed by atoms with Crippen molar-refractivity contribution in [3.63, 3.8) is 0 Å². The lowest BCUT2D eigenvalue weighted by molar-refractivity contribution is 0.423. The van der Waals surface area contributed by atoms with Gasteiger partial charge in [0.05, 0.1) is 22.1 Å². The number of ether oxygens (including phenoxy) is 1. The van der Waals surface area contributed by atoms with E-state index in [2.05, 4.69) is 193 Å². The quantitative estimate of drug-likeness (QED) is 0.178. The van der Waals surface area contributed by atoms with Crippen molar-refractivity contribution < 1.29 is 4.74 Å². The van der Waals surface area contributed by atoms with Crippen molar-refractivity contribution in [2.24, 2.45) is 0 Å². The molecular weight excluding hydrogens is 689 g/mol. The van der Waals surface area contributed by atoms with E-state index in [0.717, 1.165) is 17.2 Å². The number of fused-ring (bicyclic) bond motifs is 12. The summed E-state index contributed by atoms with van der Waals surface area (Å²) in [4.78, 5) is 0. The lowest BCUT2D eigenvalue weighted by Gasteiger charge is -2.35. The molecule has 0 N–H and O–H groups in total. The van der Waals surface area contributed by atoms with E-state index in [9.17, 15) is 0 Å². The number of para-hydroxylation sites is 3. The molecule has 0 saturated heterocycles. The van der Waals surface area contributed by atoms with Crippen molar-refractivity contribution in [1.82, 2.24) is 9.13 Å². The molecule has 0 amide bonds. The van der Waals surface area contributed by atoms with Gasteiger partial charge in [-0.1, -0.05) is 117 Å². The summed E-state index contributed by atoms with van der Waals surface area (Å²) < 4.78 is 14.4. The first-order valence-corrected chi connectivity index (χ1v) is 19.7. The van der Waals surface area contributed by atoms with Crippen molar-refractivity contribution in [1.29, 1.82) is 0 Å². The Hall–Kier alpha value is -6.62. The minimum absolute atomic E-state index is 0.221. The number of thiophene rings is 1. The fourth-order valence-corrected chi connectivity index (χ4v) is 10.4. The summed E-state index contributed by atoms with van der Waals surface area (Å²) in [6.07, 6.45) is 0. The minimum Gasteiger partial charge on any atom is -0.456 e. The standard InChI is InChI=1S/C51H34N2OS/c1-51(2)40-24-22-34(30-46(40)54-50-41(51)25-27-48-49(50)38-16-8-11-19-47(38)55-48)53-43-18-10-7-15-36(43)39-28-31(21-26-44(39)53)32-20-23-37-35-14-6-9-17-42(35)52(45(37)29-32)33-12-4-3-5-13-33/h3-30H,1-2H3. The Labute approximate surface area is 321 Å². The van der Waals surface area contributed by atoms with Gasteiger partial charge in [0.25, 0.3) is 0 Å². The van der Waals surface area contributed by atoms with Crippen molar-refractivity contribution in [2.45, 2.75) is 19.3 Å². The average Bonchev–Trinajstić information content (AvgIpc) is 3.88. The molecule has 3 aromatic heterocycles. The van der Waals surface area contributed by atoms with E-state index >= 15 is 0 Å². The van der Waals surface area contributed by atoms with Crippen LogP contribution in [-0.4, -0.2) is 9.13 Å². The topological polar surface area (TPSA) is 19.1 Å². The molecule has 1 aliphatic rings. The van der Waals surface area contributed by atoms with Gasteiger partial charge in [-0.05, 0) is 71.8 Å². The van der Waals surface area contributed by atoms with Crippen LogP contribution in [0.2, 0.25) is 0 Å². The molecule has 0 bridgehead atoms. The van der Waals surface area contributed by atoms with E-state index in [0.29, 0.717) is 0 Å². The Kier molecular flexibility index (Phi) is 6.27. The molecule has 4 heteroatoms. The Morgan fingerprint density at radius 1 is 0.436 bits per heavy atom. The molecule has 0 radical (unpaired) electrons. The number of aromatic nitrogens is 2.